The fraction of sp³-hybridized carbons (Fsp3) is 0.400. The van der Waals surface area contributed by atoms with E-state index in [0.29, 0.717) is 5.92 Å². The van der Waals surface area contributed by atoms with E-state index >= 15 is 0 Å². The van der Waals surface area contributed by atoms with Gasteiger partial charge < -0.3 is 19.7 Å². The normalized spacial score (nSPS) is 15.5. The molecule has 5 heteroatoms. The molecule has 0 heterocycles. The Morgan fingerprint density at radius 3 is 2.53 bits per heavy atom. The second-order valence-corrected chi connectivity index (χ2v) is 8.07. The van der Waals surface area contributed by atoms with Crippen LogP contribution in [0.15, 0.2) is 60.7 Å². The van der Waals surface area contributed by atoms with Crippen molar-refractivity contribution in [1.29, 1.82) is 0 Å². The summed E-state index contributed by atoms with van der Waals surface area (Å²) >= 11 is 5.80. The van der Waals surface area contributed by atoms with Crippen LogP contribution >= 0.6 is 12.2 Å². The molecule has 3 rings (SSSR count). The predicted molar refractivity (Wildman–Crippen MR) is 127 cm³/mol. The van der Waals surface area contributed by atoms with Crippen molar-refractivity contribution < 1.29 is 9.47 Å². The summed E-state index contributed by atoms with van der Waals surface area (Å²) in [5.41, 5.74) is 2.47. The summed E-state index contributed by atoms with van der Waals surface area (Å²) in [6, 6.07) is 16.6. The maximum atomic E-state index is 5.80. The van der Waals surface area contributed by atoms with Crippen LogP contribution in [0.3, 0.4) is 0 Å². The van der Waals surface area contributed by atoms with Crippen molar-refractivity contribution in [2.75, 3.05) is 27.3 Å². The summed E-state index contributed by atoms with van der Waals surface area (Å²) in [5, 5.41) is 4.30. The molecular weight excluding hydrogens is 392 g/mol. The summed E-state index contributed by atoms with van der Waals surface area (Å²) in [6.45, 7) is 2.61. The molecule has 2 aromatic carbocycles. The first-order chi connectivity index (χ1) is 14.7. The standard InChI is InChI=1S/C25H32N2O2S/c1-28-23-14-13-20(17-24(23)29-2)15-16-26-25(30)27(18-21-9-5-3-6-10-21)19-22-11-7-4-8-12-22/h3-7,9-10,13-14,17,22H,8,11-12,15-16,18-19H2,1-2H3,(H,26,30). The van der Waals surface area contributed by atoms with Gasteiger partial charge in [-0.25, -0.2) is 0 Å². The smallest absolute Gasteiger partial charge is 0.169 e. The zero-order chi connectivity index (χ0) is 21.2. The van der Waals surface area contributed by atoms with E-state index in [1.807, 2.05) is 12.1 Å². The van der Waals surface area contributed by atoms with Gasteiger partial charge in [-0.1, -0.05) is 48.6 Å². The van der Waals surface area contributed by atoms with Gasteiger partial charge in [0.25, 0.3) is 0 Å². The average Bonchev–Trinajstić information content (AvgIpc) is 2.79. The Balaban J connectivity index is 1.58. The van der Waals surface area contributed by atoms with Crippen LogP contribution in [0.1, 0.15) is 30.4 Å². The van der Waals surface area contributed by atoms with E-state index in [-0.39, 0.29) is 0 Å². The number of allylic oxidation sites excluding steroid dienone is 2. The lowest BCUT2D eigenvalue weighted by atomic mass is 9.94. The highest BCUT2D eigenvalue weighted by Crippen LogP contribution is 2.27. The third kappa shape index (κ3) is 6.49. The molecule has 2 aromatic rings. The SMILES string of the molecule is COc1ccc(CCNC(=S)N(Cc2ccccc2)CC2CC=CCC2)cc1OC. The Kier molecular flexibility index (Phi) is 8.57. The minimum absolute atomic E-state index is 0.657. The molecule has 0 spiro atoms. The van der Waals surface area contributed by atoms with Crippen molar-refractivity contribution in [3.63, 3.8) is 0 Å². The lowest BCUT2D eigenvalue weighted by Crippen LogP contribution is -2.42. The van der Waals surface area contributed by atoms with Crippen LogP contribution in [0.5, 0.6) is 11.5 Å². The van der Waals surface area contributed by atoms with Gasteiger partial charge in [0, 0.05) is 19.6 Å². The lowest BCUT2D eigenvalue weighted by molar-refractivity contribution is 0.312. The molecule has 4 nitrogen and oxygen atoms in total. The Morgan fingerprint density at radius 1 is 1.03 bits per heavy atom. The van der Waals surface area contributed by atoms with Gasteiger partial charge in [0.1, 0.15) is 0 Å². The van der Waals surface area contributed by atoms with Gasteiger partial charge >= 0.3 is 0 Å². The highest BCUT2D eigenvalue weighted by molar-refractivity contribution is 7.80. The minimum atomic E-state index is 0.657. The van der Waals surface area contributed by atoms with Gasteiger partial charge in [0.2, 0.25) is 0 Å². The average molecular weight is 425 g/mol. The van der Waals surface area contributed by atoms with E-state index in [0.717, 1.165) is 49.1 Å². The molecule has 0 amide bonds. The predicted octanol–water partition coefficient (Wildman–Crippen LogP) is 4.98. The van der Waals surface area contributed by atoms with Crippen molar-refractivity contribution in [2.24, 2.45) is 5.92 Å². The summed E-state index contributed by atoms with van der Waals surface area (Å²) in [6.07, 6.45) is 9.00. The fourth-order valence-corrected chi connectivity index (χ4v) is 4.06. The molecule has 0 bridgehead atoms. The highest BCUT2D eigenvalue weighted by Gasteiger charge is 2.17. The van der Waals surface area contributed by atoms with Crippen LogP contribution in [0.25, 0.3) is 0 Å². The van der Waals surface area contributed by atoms with Gasteiger partial charge in [-0.2, -0.15) is 0 Å². The molecule has 0 saturated heterocycles. The summed E-state index contributed by atoms with van der Waals surface area (Å²) in [5.74, 6) is 2.17. The van der Waals surface area contributed by atoms with Crippen LogP contribution in [-0.4, -0.2) is 37.3 Å². The van der Waals surface area contributed by atoms with Gasteiger partial charge in [-0.05, 0) is 67.1 Å². The first kappa shape index (κ1) is 22.2. The van der Waals surface area contributed by atoms with Gasteiger partial charge in [0.05, 0.1) is 14.2 Å². The lowest BCUT2D eigenvalue weighted by Gasteiger charge is -2.31. The molecule has 0 fully saturated rings. The van der Waals surface area contributed by atoms with Crippen LogP contribution in [0, 0.1) is 5.92 Å². The van der Waals surface area contributed by atoms with E-state index in [1.54, 1.807) is 14.2 Å². The van der Waals surface area contributed by atoms with E-state index in [4.69, 9.17) is 21.7 Å². The van der Waals surface area contributed by atoms with Crippen LogP contribution in [0.2, 0.25) is 0 Å². The number of methoxy groups -OCH3 is 2. The zero-order valence-corrected chi connectivity index (χ0v) is 18.8. The maximum absolute atomic E-state index is 5.80. The number of hydrogen-bond donors (Lipinski definition) is 1. The first-order valence-electron chi connectivity index (χ1n) is 10.6. The number of thiocarbonyl (C=S) groups is 1. The molecule has 0 radical (unpaired) electrons. The third-order valence-corrected chi connectivity index (χ3v) is 5.90. The van der Waals surface area contributed by atoms with E-state index in [2.05, 4.69) is 58.8 Å². The van der Waals surface area contributed by atoms with Crippen molar-refractivity contribution in [2.45, 2.75) is 32.2 Å². The molecule has 160 valence electrons. The Hall–Kier alpha value is -2.53. The van der Waals surface area contributed by atoms with Crippen LogP contribution in [0.4, 0.5) is 0 Å². The number of benzene rings is 2. The van der Waals surface area contributed by atoms with Crippen LogP contribution < -0.4 is 14.8 Å². The van der Waals surface area contributed by atoms with Crippen molar-refractivity contribution in [3.8, 4) is 11.5 Å². The fourth-order valence-electron chi connectivity index (χ4n) is 3.82. The minimum Gasteiger partial charge on any atom is -0.493 e. The molecular formula is C25H32N2O2S. The highest BCUT2D eigenvalue weighted by atomic mass is 32.1. The van der Waals surface area contributed by atoms with Crippen molar-refractivity contribution in [3.05, 3.63) is 71.8 Å². The number of hydrogen-bond acceptors (Lipinski definition) is 3. The quantitative estimate of drug-likeness (QED) is 0.454. The summed E-state index contributed by atoms with van der Waals surface area (Å²) in [7, 11) is 3.32. The number of ether oxygens (including phenoxy) is 2. The Labute approximate surface area is 185 Å². The van der Waals surface area contributed by atoms with Gasteiger partial charge in [-0.15, -0.1) is 0 Å². The van der Waals surface area contributed by atoms with E-state index < -0.39 is 0 Å². The van der Waals surface area contributed by atoms with E-state index in [1.165, 1.54) is 24.0 Å². The summed E-state index contributed by atoms with van der Waals surface area (Å²) < 4.78 is 10.7. The van der Waals surface area contributed by atoms with Crippen LogP contribution in [-0.2, 0) is 13.0 Å². The van der Waals surface area contributed by atoms with Crippen molar-refractivity contribution >= 4 is 17.3 Å². The topological polar surface area (TPSA) is 33.7 Å². The Bertz CT molecular complexity index is 838. The molecule has 30 heavy (non-hydrogen) atoms. The molecule has 1 aliphatic carbocycles. The zero-order valence-electron chi connectivity index (χ0n) is 18.0. The number of rotatable bonds is 9. The van der Waals surface area contributed by atoms with Gasteiger partial charge in [-0.3, -0.25) is 0 Å². The second-order valence-electron chi connectivity index (χ2n) is 7.69. The Morgan fingerprint density at radius 2 is 1.83 bits per heavy atom. The first-order valence-corrected chi connectivity index (χ1v) is 11.0. The monoisotopic (exact) mass is 424 g/mol. The van der Waals surface area contributed by atoms with Gasteiger partial charge in [0.15, 0.2) is 16.6 Å². The second kappa shape index (κ2) is 11.6. The molecule has 1 aliphatic rings. The maximum Gasteiger partial charge on any atom is 0.169 e. The third-order valence-electron chi connectivity index (χ3n) is 5.50. The number of nitrogens with one attached hydrogen (secondary N) is 1. The molecule has 0 aromatic heterocycles. The molecule has 1 N–H and O–H groups in total. The summed E-state index contributed by atoms with van der Waals surface area (Å²) in [4.78, 5) is 2.32. The molecule has 1 unspecified atom stereocenters. The van der Waals surface area contributed by atoms with E-state index in [9.17, 15) is 0 Å². The van der Waals surface area contributed by atoms with Crippen molar-refractivity contribution in [1.82, 2.24) is 10.2 Å². The number of nitrogens with zero attached hydrogens (tertiary/aromatic N) is 1. The molecule has 1 atom stereocenters. The molecule has 0 aliphatic heterocycles. The molecule has 0 saturated carbocycles. The largest absolute Gasteiger partial charge is 0.493 e.